The van der Waals surface area contributed by atoms with Gasteiger partial charge in [-0.25, -0.2) is 0 Å². The van der Waals surface area contributed by atoms with Gasteiger partial charge in [-0.2, -0.15) is 4.98 Å². The van der Waals surface area contributed by atoms with Gasteiger partial charge < -0.3 is 9.42 Å². The first-order valence-electron chi connectivity index (χ1n) is 9.28. The normalized spacial score (nSPS) is 22.9. The molecule has 1 saturated carbocycles. The van der Waals surface area contributed by atoms with Crippen LogP contribution in [0, 0.1) is 5.92 Å². The topological polar surface area (TPSA) is 59.2 Å². The van der Waals surface area contributed by atoms with Gasteiger partial charge in [-0.1, -0.05) is 44.7 Å². The Bertz CT molecular complexity index is 520. The fraction of sp³-hybridized carbons (Fsp3) is 0.833. The highest BCUT2D eigenvalue weighted by molar-refractivity contribution is 5.76. The van der Waals surface area contributed by atoms with Crippen molar-refractivity contribution in [1.29, 1.82) is 0 Å². The van der Waals surface area contributed by atoms with E-state index in [1.54, 1.807) is 0 Å². The Kier molecular flexibility index (Phi) is 5.34. The van der Waals surface area contributed by atoms with Crippen LogP contribution >= 0.6 is 0 Å². The Balaban J connectivity index is 1.63. The lowest BCUT2D eigenvalue weighted by molar-refractivity contribution is -0.136. The molecule has 1 aromatic rings. The predicted octanol–water partition coefficient (Wildman–Crippen LogP) is 4.22. The second kappa shape index (κ2) is 7.45. The molecule has 5 nitrogen and oxygen atoms in total. The van der Waals surface area contributed by atoms with Crippen LogP contribution in [-0.4, -0.2) is 27.5 Å². The van der Waals surface area contributed by atoms with Crippen molar-refractivity contribution in [2.75, 3.05) is 6.54 Å². The van der Waals surface area contributed by atoms with Gasteiger partial charge in [-0.3, -0.25) is 4.79 Å². The molecular formula is C18H29N3O2. The van der Waals surface area contributed by atoms with Gasteiger partial charge in [-0.15, -0.1) is 0 Å². The molecule has 1 aromatic heterocycles. The third kappa shape index (κ3) is 3.93. The van der Waals surface area contributed by atoms with Crippen molar-refractivity contribution < 1.29 is 9.32 Å². The highest BCUT2D eigenvalue weighted by Gasteiger charge is 2.32. The number of carbonyl (C=O) groups is 1. The summed E-state index contributed by atoms with van der Waals surface area (Å²) in [7, 11) is 0. The van der Waals surface area contributed by atoms with Crippen LogP contribution in [0.25, 0.3) is 0 Å². The smallest absolute Gasteiger partial charge is 0.249 e. The molecule has 1 amide bonds. The molecule has 1 aliphatic carbocycles. The Labute approximate surface area is 138 Å². The molecule has 0 spiro atoms. The van der Waals surface area contributed by atoms with Crippen molar-refractivity contribution >= 4 is 5.91 Å². The third-order valence-corrected chi connectivity index (χ3v) is 5.32. The van der Waals surface area contributed by atoms with Crippen molar-refractivity contribution in [2.24, 2.45) is 5.92 Å². The number of carbonyl (C=O) groups excluding carboxylic acids is 1. The molecule has 5 heteroatoms. The molecule has 0 aromatic carbocycles. The van der Waals surface area contributed by atoms with Gasteiger partial charge in [0.25, 0.3) is 0 Å². The molecule has 1 saturated heterocycles. The monoisotopic (exact) mass is 319 g/mol. The number of nitrogens with zero attached hydrogens (tertiary/aromatic N) is 3. The van der Waals surface area contributed by atoms with Crippen LogP contribution in [0.3, 0.4) is 0 Å². The third-order valence-electron chi connectivity index (χ3n) is 5.32. The Hall–Kier alpha value is -1.39. The van der Waals surface area contributed by atoms with Crippen molar-refractivity contribution in [3.8, 4) is 0 Å². The van der Waals surface area contributed by atoms with Gasteiger partial charge in [0.05, 0.1) is 0 Å². The maximum Gasteiger partial charge on any atom is 0.249 e. The first-order valence-corrected chi connectivity index (χ1v) is 9.28. The van der Waals surface area contributed by atoms with Crippen LogP contribution in [0.1, 0.15) is 95.3 Å². The first kappa shape index (κ1) is 16.5. The Morgan fingerprint density at radius 1 is 1.22 bits per heavy atom. The second-order valence-electron chi connectivity index (χ2n) is 7.43. The summed E-state index contributed by atoms with van der Waals surface area (Å²) in [5.41, 5.74) is 0. The van der Waals surface area contributed by atoms with Gasteiger partial charge >= 0.3 is 0 Å². The average molecular weight is 319 g/mol. The minimum Gasteiger partial charge on any atom is -0.337 e. The second-order valence-corrected chi connectivity index (χ2v) is 7.43. The number of hydrogen-bond donors (Lipinski definition) is 0. The van der Waals surface area contributed by atoms with Gasteiger partial charge in [0.15, 0.2) is 5.82 Å². The molecule has 0 N–H and O–H groups in total. The minimum atomic E-state index is -0.0140. The fourth-order valence-corrected chi connectivity index (χ4v) is 3.87. The van der Waals surface area contributed by atoms with E-state index in [0.29, 0.717) is 12.3 Å². The number of amides is 1. The van der Waals surface area contributed by atoms with E-state index >= 15 is 0 Å². The first-order chi connectivity index (χ1) is 11.1. The lowest BCUT2D eigenvalue weighted by Gasteiger charge is -2.33. The molecular weight excluding hydrogens is 290 g/mol. The number of rotatable bonds is 5. The van der Waals surface area contributed by atoms with Crippen molar-refractivity contribution in [2.45, 2.75) is 83.6 Å². The van der Waals surface area contributed by atoms with Crippen LogP contribution in [0.2, 0.25) is 0 Å². The standard InChI is InChI=1S/C18H29N3O2/c1-13(2)17-19-18(23-20-17)15-9-5-6-12-21(15)16(22)11-10-14-7-3-4-8-14/h13-15H,3-12H2,1-2H3/t15-/m1/s1. The molecule has 23 heavy (non-hydrogen) atoms. The van der Waals surface area contributed by atoms with E-state index in [1.807, 2.05) is 4.90 Å². The summed E-state index contributed by atoms with van der Waals surface area (Å²) in [6, 6.07) is -0.0140. The summed E-state index contributed by atoms with van der Waals surface area (Å²) >= 11 is 0. The van der Waals surface area contributed by atoms with E-state index in [-0.39, 0.29) is 17.9 Å². The van der Waals surface area contributed by atoms with Gasteiger partial charge in [-0.05, 0) is 31.6 Å². The molecule has 0 radical (unpaired) electrons. The van der Waals surface area contributed by atoms with Gasteiger partial charge in [0.1, 0.15) is 6.04 Å². The average Bonchev–Trinajstić information content (AvgIpc) is 3.24. The van der Waals surface area contributed by atoms with Crippen molar-refractivity contribution in [1.82, 2.24) is 15.0 Å². The van der Waals surface area contributed by atoms with Crippen LogP contribution in [0.5, 0.6) is 0 Å². The number of hydrogen-bond acceptors (Lipinski definition) is 4. The van der Waals surface area contributed by atoms with E-state index in [2.05, 4.69) is 24.0 Å². The fourth-order valence-electron chi connectivity index (χ4n) is 3.87. The van der Waals surface area contributed by atoms with Crippen molar-refractivity contribution in [3.05, 3.63) is 11.7 Å². The minimum absolute atomic E-state index is 0.0140. The van der Waals surface area contributed by atoms with Gasteiger partial charge in [0.2, 0.25) is 11.8 Å². The molecule has 2 fully saturated rings. The summed E-state index contributed by atoms with van der Waals surface area (Å²) in [6.07, 6.45) is 10.1. The molecule has 1 atom stereocenters. The van der Waals surface area contributed by atoms with Crippen LogP contribution in [0.4, 0.5) is 0 Å². The summed E-state index contributed by atoms with van der Waals surface area (Å²) in [6.45, 7) is 4.94. The van der Waals surface area contributed by atoms with Gasteiger partial charge in [0, 0.05) is 18.9 Å². The highest BCUT2D eigenvalue weighted by Crippen LogP contribution is 2.33. The molecule has 0 unspecified atom stereocenters. The Morgan fingerprint density at radius 3 is 2.65 bits per heavy atom. The number of likely N-dealkylation sites (tertiary alicyclic amines) is 1. The summed E-state index contributed by atoms with van der Waals surface area (Å²) in [4.78, 5) is 19.2. The van der Waals surface area contributed by atoms with Crippen LogP contribution in [-0.2, 0) is 4.79 Å². The molecule has 2 aliphatic rings. The zero-order valence-electron chi connectivity index (χ0n) is 14.5. The zero-order valence-corrected chi connectivity index (χ0v) is 14.5. The molecule has 3 rings (SSSR count). The lowest BCUT2D eigenvalue weighted by atomic mass is 9.98. The molecule has 2 heterocycles. The van der Waals surface area contributed by atoms with E-state index in [1.165, 1.54) is 25.7 Å². The summed E-state index contributed by atoms with van der Waals surface area (Å²) in [5.74, 6) is 2.65. The van der Waals surface area contributed by atoms with E-state index in [9.17, 15) is 4.79 Å². The highest BCUT2D eigenvalue weighted by atomic mass is 16.5. The van der Waals surface area contributed by atoms with E-state index < -0.39 is 0 Å². The molecule has 0 bridgehead atoms. The summed E-state index contributed by atoms with van der Waals surface area (Å²) in [5, 5.41) is 4.07. The zero-order chi connectivity index (χ0) is 16.2. The van der Waals surface area contributed by atoms with E-state index in [4.69, 9.17) is 4.52 Å². The van der Waals surface area contributed by atoms with E-state index in [0.717, 1.165) is 44.0 Å². The quantitative estimate of drug-likeness (QED) is 0.815. The maximum atomic E-state index is 12.7. The van der Waals surface area contributed by atoms with Crippen LogP contribution < -0.4 is 0 Å². The number of piperidine rings is 1. The molecule has 128 valence electrons. The van der Waals surface area contributed by atoms with Crippen LogP contribution in [0.15, 0.2) is 4.52 Å². The Morgan fingerprint density at radius 2 is 1.96 bits per heavy atom. The SMILES string of the molecule is CC(C)c1noc([C@H]2CCCCN2C(=O)CCC2CCCC2)n1. The van der Waals surface area contributed by atoms with Crippen molar-refractivity contribution in [3.63, 3.8) is 0 Å². The largest absolute Gasteiger partial charge is 0.337 e. The number of aromatic nitrogens is 2. The summed E-state index contributed by atoms with van der Waals surface area (Å²) < 4.78 is 5.47. The molecule has 1 aliphatic heterocycles. The maximum absolute atomic E-state index is 12.7. The lowest BCUT2D eigenvalue weighted by Crippen LogP contribution is -2.38. The predicted molar refractivity (Wildman–Crippen MR) is 87.9 cm³/mol.